The van der Waals surface area contributed by atoms with Crippen molar-refractivity contribution < 1.29 is 0 Å². The lowest BCUT2D eigenvalue weighted by Gasteiger charge is -2.29. The van der Waals surface area contributed by atoms with Crippen LogP contribution in [0.1, 0.15) is 30.5 Å². The Hall–Kier alpha value is -2.28. The lowest BCUT2D eigenvalue weighted by atomic mass is 9.83. The fourth-order valence-corrected chi connectivity index (χ4v) is 3.05. The molecule has 1 aliphatic heterocycles. The zero-order valence-corrected chi connectivity index (χ0v) is 12.9. The zero-order chi connectivity index (χ0) is 15.0. The first-order chi connectivity index (χ1) is 10.1. The fourth-order valence-electron chi connectivity index (χ4n) is 3.05. The maximum Gasteiger partial charge on any atom is 0.0464 e. The molecular weight excluding hydrogens is 254 g/mol. The Morgan fingerprint density at radius 1 is 1.00 bits per heavy atom. The first-order valence-electron chi connectivity index (χ1n) is 7.45. The quantitative estimate of drug-likeness (QED) is 0.774. The summed E-state index contributed by atoms with van der Waals surface area (Å²) in [4.78, 5) is 0. The van der Waals surface area contributed by atoms with Crippen molar-refractivity contribution in [2.75, 3.05) is 5.32 Å². The van der Waals surface area contributed by atoms with Crippen molar-refractivity contribution in [1.82, 2.24) is 0 Å². The number of hydrogen-bond acceptors (Lipinski definition) is 1. The van der Waals surface area contributed by atoms with Crippen LogP contribution >= 0.6 is 0 Å². The summed E-state index contributed by atoms with van der Waals surface area (Å²) < 4.78 is 0. The van der Waals surface area contributed by atoms with Gasteiger partial charge in [-0.2, -0.15) is 0 Å². The summed E-state index contributed by atoms with van der Waals surface area (Å²) in [6.07, 6.45) is 0. The van der Waals surface area contributed by atoms with Crippen LogP contribution in [-0.4, -0.2) is 0 Å². The molecule has 0 unspecified atom stereocenters. The highest BCUT2D eigenvalue weighted by atomic mass is 14.9. The number of aryl methyl sites for hydroxylation is 1. The maximum absolute atomic E-state index is 4.24. The predicted octanol–water partition coefficient (Wildman–Crippen LogP) is 5.39. The van der Waals surface area contributed by atoms with Crippen molar-refractivity contribution in [3.05, 3.63) is 83.1 Å². The van der Waals surface area contributed by atoms with Crippen molar-refractivity contribution >= 4 is 11.3 Å². The largest absolute Gasteiger partial charge is 0.355 e. The molecule has 0 bridgehead atoms. The average molecular weight is 275 g/mol. The summed E-state index contributed by atoms with van der Waals surface area (Å²) in [6.45, 7) is 10.8. The van der Waals surface area contributed by atoms with E-state index in [0.717, 1.165) is 11.4 Å². The third-order valence-corrected chi connectivity index (χ3v) is 3.96. The minimum atomic E-state index is 0.425. The van der Waals surface area contributed by atoms with Gasteiger partial charge in [-0.05, 0) is 41.7 Å². The van der Waals surface area contributed by atoms with Crippen molar-refractivity contribution in [2.24, 2.45) is 5.92 Å². The van der Waals surface area contributed by atoms with Gasteiger partial charge in [0.25, 0.3) is 0 Å². The number of nitrogens with one attached hydrogen (secondary N) is 1. The van der Waals surface area contributed by atoms with Crippen LogP contribution in [0.3, 0.4) is 0 Å². The third-order valence-electron chi connectivity index (χ3n) is 3.96. The van der Waals surface area contributed by atoms with Gasteiger partial charge < -0.3 is 5.32 Å². The molecule has 0 spiro atoms. The molecule has 1 aliphatic rings. The van der Waals surface area contributed by atoms with E-state index in [9.17, 15) is 0 Å². The van der Waals surface area contributed by atoms with Crippen LogP contribution < -0.4 is 5.32 Å². The van der Waals surface area contributed by atoms with Crippen LogP contribution in [-0.2, 0) is 0 Å². The van der Waals surface area contributed by atoms with Crippen LogP contribution in [0, 0.1) is 12.8 Å². The summed E-state index contributed by atoms with van der Waals surface area (Å²) >= 11 is 0. The second-order valence-electron chi connectivity index (χ2n) is 5.96. The van der Waals surface area contributed by atoms with E-state index >= 15 is 0 Å². The molecule has 0 atom stereocenters. The van der Waals surface area contributed by atoms with Gasteiger partial charge in [-0.15, -0.1) is 0 Å². The molecule has 3 rings (SSSR count). The zero-order valence-electron chi connectivity index (χ0n) is 12.9. The molecule has 0 aromatic heterocycles. The number of benzene rings is 2. The summed E-state index contributed by atoms with van der Waals surface area (Å²) in [6, 6.07) is 17.2. The molecule has 0 radical (unpaired) electrons. The Morgan fingerprint density at radius 3 is 2.38 bits per heavy atom. The van der Waals surface area contributed by atoms with Gasteiger partial charge in [0, 0.05) is 16.9 Å². The van der Waals surface area contributed by atoms with Crippen LogP contribution in [0.5, 0.6) is 0 Å². The smallest absolute Gasteiger partial charge is 0.0464 e. The van der Waals surface area contributed by atoms with Crippen LogP contribution in [0.25, 0.3) is 5.57 Å². The van der Waals surface area contributed by atoms with Gasteiger partial charge in [-0.25, -0.2) is 0 Å². The first kappa shape index (κ1) is 13.7. The van der Waals surface area contributed by atoms with E-state index in [4.69, 9.17) is 0 Å². The average Bonchev–Trinajstić information content (AvgIpc) is 2.47. The number of allylic oxidation sites excluding steroid dienone is 1. The SMILES string of the molecule is C=C1Nc2ccc(C)cc2C(c2ccccc2)=C1C(C)C. The summed E-state index contributed by atoms with van der Waals surface area (Å²) in [5.74, 6) is 0.425. The van der Waals surface area contributed by atoms with Gasteiger partial charge in [0.1, 0.15) is 0 Å². The van der Waals surface area contributed by atoms with Crippen LogP contribution in [0.2, 0.25) is 0 Å². The highest BCUT2D eigenvalue weighted by Crippen LogP contribution is 2.42. The lowest BCUT2D eigenvalue weighted by molar-refractivity contribution is 0.780. The molecule has 2 aromatic rings. The topological polar surface area (TPSA) is 12.0 Å². The van der Waals surface area contributed by atoms with E-state index in [0.29, 0.717) is 5.92 Å². The Kier molecular flexibility index (Phi) is 3.42. The van der Waals surface area contributed by atoms with Crippen LogP contribution in [0.4, 0.5) is 5.69 Å². The van der Waals surface area contributed by atoms with Gasteiger partial charge in [-0.1, -0.05) is 62.4 Å². The molecule has 106 valence electrons. The molecule has 0 amide bonds. The van der Waals surface area contributed by atoms with Crippen molar-refractivity contribution in [1.29, 1.82) is 0 Å². The Morgan fingerprint density at radius 2 is 1.71 bits per heavy atom. The van der Waals surface area contributed by atoms with Gasteiger partial charge in [0.2, 0.25) is 0 Å². The lowest BCUT2D eigenvalue weighted by Crippen LogP contribution is -2.16. The molecule has 0 saturated heterocycles. The number of anilines is 1. The Labute approximate surface area is 127 Å². The van der Waals surface area contributed by atoms with E-state index in [-0.39, 0.29) is 0 Å². The first-order valence-corrected chi connectivity index (χ1v) is 7.45. The fraction of sp³-hybridized carbons (Fsp3) is 0.200. The molecule has 0 fully saturated rings. The van der Waals surface area contributed by atoms with E-state index in [1.165, 1.54) is 27.8 Å². The van der Waals surface area contributed by atoms with Gasteiger partial charge in [-0.3, -0.25) is 0 Å². The second kappa shape index (κ2) is 5.25. The van der Waals surface area contributed by atoms with E-state index in [1.807, 2.05) is 0 Å². The highest BCUT2D eigenvalue weighted by molar-refractivity contribution is 5.94. The molecule has 1 heterocycles. The molecule has 2 aromatic carbocycles. The highest BCUT2D eigenvalue weighted by Gasteiger charge is 2.24. The Balaban J connectivity index is 2.34. The van der Waals surface area contributed by atoms with Crippen molar-refractivity contribution in [3.63, 3.8) is 0 Å². The molecule has 0 aliphatic carbocycles. The van der Waals surface area contributed by atoms with E-state index < -0.39 is 0 Å². The summed E-state index contributed by atoms with van der Waals surface area (Å²) in [7, 11) is 0. The summed E-state index contributed by atoms with van der Waals surface area (Å²) in [5.41, 5.74) is 8.59. The molecule has 21 heavy (non-hydrogen) atoms. The van der Waals surface area contributed by atoms with Gasteiger partial charge in [0.05, 0.1) is 0 Å². The molecule has 1 heteroatoms. The standard InChI is InChI=1S/C20H21N/c1-13(2)19-15(4)21-18-11-10-14(3)12-17(18)20(19)16-8-6-5-7-9-16/h5-13,21H,4H2,1-3H3. The minimum Gasteiger partial charge on any atom is -0.355 e. The normalized spacial score (nSPS) is 14.2. The summed E-state index contributed by atoms with van der Waals surface area (Å²) in [5, 5.41) is 3.47. The number of fused-ring (bicyclic) bond motifs is 1. The second-order valence-corrected chi connectivity index (χ2v) is 5.96. The monoisotopic (exact) mass is 275 g/mol. The van der Waals surface area contributed by atoms with E-state index in [1.54, 1.807) is 0 Å². The maximum atomic E-state index is 4.24. The molecule has 1 nitrogen and oxygen atoms in total. The number of rotatable bonds is 2. The Bertz CT molecular complexity index is 721. The van der Waals surface area contributed by atoms with E-state index in [2.05, 4.69) is 81.2 Å². The molecule has 1 N–H and O–H groups in total. The van der Waals surface area contributed by atoms with Gasteiger partial charge >= 0.3 is 0 Å². The number of hydrogen-bond donors (Lipinski definition) is 1. The van der Waals surface area contributed by atoms with Crippen molar-refractivity contribution in [3.8, 4) is 0 Å². The molecular formula is C20H21N. The van der Waals surface area contributed by atoms with Crippen LogP contribution in [0.15, 0.2) is 66.4 Å². The third kappa shape index (κ3) is 2.40. The van der Waals surface area contributed by atoms with Crippen molar-refractivity contribution in [2.45, 2.75) is 20.8 Å². The predicted molar refractivity (Wildman–Crippen MR) is 91.2 cm³/mol. The van der Waals surface area contributed by atoms with Gasteiger partial charge in [0.15, 0.2) is 0 Å². The minimum absolute atomic E-state index is 0.425. The molecule has 0 saturated carbocycles.